The summed E-state index contributed by atoms with van der Waals surface area (Å²) in [6, 6.07) is 1.82. The zero-order valence-corrected chi connectivity index (χ0v) is 8.39. The summed E-state index contributed by atoms with van der Waals surface area (Å²) in [6.07, 6.45) is 0.168. The van der Waals surface area contributed by atoms with E-state index in [-0.39, 0.29) is 18.9 Å². The fourth-order valence-corrected chi connectivity index (χ4v) is 1.46. The first kappa shape index (κ1) is 10.4. The highest BCUT2D eigenvalue weighted by Gasteiger charge is 2.07. The molecule has 6 nitrogen and oxygen atoms in total. The lowest BCUT2D eigenvalue weighted by molar-refractivity contribution is -0.120. The van der Waals surface area contributed by atoms with Gasteiger partial charge < -0.3 is 10.6 Å². The zero-order valence-electron chi connectivity index (χ0n) is 7.57. The van der Waals surface area contributed by atoms with Crippen molar-refractivity contribution in [1.82, 2.24) is 15.5 Å². The molecule has 1 aromatic rings. The van der Waals surface area contributed by atoms with Crippen LogP contribution >= 0.6 is 11.3 Å². The summed E-state index contributed by atoms with van der Waals surface area (Å²) in [7, 11) is 1.74. The first-order valence-electron chi connectivity index (χ1n) is 3.90. The van der Waals surface area contributed by atoms with Gasteiger partial charge >= 0.3 is 0 Å². The summed E-state index contributed by atoms with van der Waals surface area (Å²) >= 11 is 1.32. The quantitative estimate of drug-likeness (QED) is 0.671. The van der Waals surface area contributed by atoms with E-state index < -0.39 is 0 Å². The molecule has 14 heavy (non-hydrogen) atoms. The molecule has 1 heterocycles. The average Bonchev–Trinajstić information content (AvgIpc) is 2.62. The van der Waals surface area contributed by atoms with E-state index in [0.29, 0.717) is 10.1 Å². The summed E-state index contributed by atoms with van der Waals surface area (Å²) in [5, 5.41) is 22.4. The Morgan fingerprint density at radius 1 is 1.64 bits per heavy atom. The summed E-state index contributed by atoms with van der Waals surface area (Å²) < 4.78 is 0. The van der Waals surface area contributed by atoms with Crippen LogP contribution < -0.4 is 10.6 Å². The lowest BCUT2D eigenvalue weighted by atomic mass is 10.4. The fourth-order valence-electron chi connectivity index (χ4n) is 0.764. The van der Waals surface area contributed by atoms with Crippen molar-refractivity contribution in [2.24, 2.45) is 0 Å². The van der Waals surface area contributed by atoms with Crippen LogP contribution in [0.1, 0.15) is 5.01 Å². The molecular weight excluding hydrogens is 202 g/mol. The van der Waals surface area contributed by atoms with Crippen LogP contribution in [0.5, 0.6) is 0 Å². The van der Waals surface area contributed by atoms with E-state index in [1.54, 1.807) is 7.05 Å². The molecule has 0 atom stereocenters. The molecule has 1 aromatic heterocycles. The molecule has 74 valence electrons. The van der Waals surface area contributed by atoms with Crippen LogP contribution in [0.3, 0.4) is 0 Å². The Bertz CT molecular complexity index is 355. The monoisotopic (exact) mass is 211 g/mol. The number of carbonyl (C=O) groups excluding carboxylic acids is 1. The van der Waals surface area contributed by atoms with Crippen molar-refractivity contribution in [3.8, 4) is 6.07 Å². The average molecular weight is 211 g/mol. The molecule has 0 aliphatic rings. The normalized spacial score (nSPS) is 9.14. The highest BCUT2D eigenvalue weighted by Crippen LogP contribution is 2.14. The second kappa shape index (κ2) is 5.14. The third kappa shape index (κ3) is 2.99. The maximum Gasteiger partial charge on any atom is 0.227 e. The molecule has 7 heteroatoms. The van der Waals surface area contributed by atoms with E-state index in [1.807, 2.05) is 6.07 Å². The number of anilines is 1. The molecular formula is C7H9N5OS. The van der Waals surface area contributed by atoms with Crippen molar-refractivity contribution >= 4 is 22.4 Å². The second-order valence-electron chi connectivity index (χ2n) is 2.36. The Labute approximate surface area is 85.0 Å². The lowest BCUT2D eigenvalue weighted by Crippen LogP contribution is -2.25. The van der Waals surface area contributed by atoms with Crippen LogP contribution in [0.25, 0.3) is 0 Å². The Morgan fingerprint density at radius 2 is 2.43 bits per heavy atom. The van der Waals surface area contributed by atoms with Crippen molar-refractivity contribution < 1.29 is 4.79 Å². The molecule has 1 rings (SSSR count). The van der Waals surface area contributed by atoms with Crippen LogP contribution in [-0.2, 0) is 11.2 Å². The van der Waals surface area contributed by atoms with Gasteiger partial charge in [-0.1, -0.05) is 11.3 Å². The Hall–Kier alpha value is -1.68. The van der Waals surface area contributed by atoms with E-state index in [9.17, 15) is 4.79 Å². The maximum atomic E-state index is 11.1. The summed E-state index contributed by atoms with van der Waals surface area (Å²) in [6.45, 7) is 0.0243. The van der Waals surface area contributed by atoms with E-state index in [0.717, 1.165) is 0 Å². The van der Waals surface area contributed by atoms with Crippen LogP contribution in [0.15, 0.2) is 0 Å². The molecule has 0 spiro atoms. The predicted molar refractivity (Wildman–Crippen MR) is 51.8 cm³/mol. The number of rotatable bonds is 4. The third-order valence-corrected chi connectivity index (χ3v) is 2.30. The predicted octanol–water partition coefficient (Wildman–Crippen LogP) is -0.238. The smallest absolute Gasteiger partial charge is 0.227 e. The minimum atomic E-state index is -0.217. The highest BCUT2D eigenvalue weighted by molar-refractivity contribution is 7.15. The molecule has 1 amide bonds. The van der Waals surface area contributed by atoms with E-state index >= 15 is 0 Å². The molecule has 0 aliphatic carbocycles. The zero-order chi connectivity index (χ0) is 10.4. The number of amides is 1. The highest BCUT2D eigenvalue weighted by atomic mass is 32.1. The van der Waals surface area contributed by atoms with Crippen molar-refractivity contribution in [2.45, 2.75) is 6.42 Å². The van der Waals surface area contributed by atoms with Gasteiger partial charge in [0.15, 0.2) is 0 Å². The first-order valence-corrected chi connectivity index (χ1v) is 4.71. The number of nitrogens with zero attached hydrogens (tertiary/aromatic N) is 3. The largest absolute Gasteiger partial charge is 0.363 e. The van der Waals surface area contributed by atoms with Gasteiger partial charge in [-0.25, -0.2) is 0 Å². The minimum Gasteiger partial charge on any atom is -0.363 e. The number of hydrogen-bond donors (Lipinski definition) is 2. The van der Waals surface area contributed by atoms with Gasteiger partial charge in [0, 0.05) is 7.05 Å². The van der Waals surface area contributed by atoms with E-state index in [2.05, 4.69) is 20.8 Å². The fraction of sp³-hybridized carbons (Fsp3) is 0.429. The second-order valence-corrected chi connectivity index (χ2v) is 3.42. The van der Waals surface area contributed by atoms with Crippen LogP contribution in [0, 0.1) is 11.3 Å². The standard InChI is InChI=1S/C7H9N5OS/c1-9-7-12-11-6(14-7)4-5(13)10-3-2-8/h3-4H2,1H3,(H,9,12)(H,10,13). The molecule has 0 aliphatic heterocycles. The van der Waals surface area contributed by atoms with E-state index in [1.165, 1.54) is 11.3 Å². The van der Waals surface area contributed by atoms with Crippen molar-refractivity contribution in [1.29, 1.82) is 5.26 Å². The Kier molecular flexibility index (Phi) is 3.82. The molecule has 0 saturated carbocycles. The van der Waals surface area contributed by atoms with Crippen molar-refractivity contribution in [3.63, 3.8) is 0 Å². The van der Waals surface area contributed by atoms with Gasteiger partial charge in [-0.05, 0) is 0 Å². The van der Waals surface area contributed by atoms with Gasteiger partial charge in [-0.3, -0.25) is 4.79 Å². The van der Waals surface area contributed by atoms with Gasteiger partial charge in [0.25, 0.3) is 0 Å². The maximum absolute atomic E-state index is 11.1. The topological polar surface area (TPSA) is 90.7 Å². The van der Waals surface area contributed by atoms with Crippen molar-refractivity contribution in [3.05, 3.63) is 5.01 Å². The summed E-state index contributed by atoms with van der Waals surface area (Å²) in [5.41, 5.74) is 0. The summed E-state index contributed by atoms with van der Waals surface area (Å²) in [4.78, 5) is 11.1. The van der Waals surface area contributed by atoms with Crippen LogP contribution in [0.2, 0.25) is 0 Å². The Morgan fingerprint density at radius 3 is 3.00 bits per heavy atom. The van der Waals surface area contributed by atoms with Crippen LogP contribution in [0.4, 0.5) is 5.13 Å². The molecule has 0 aromatic carbocycles. The third-order valence-electron chi connectivity index (χ3n) is 1.36. The van der Waals surface area contributed by atoms with E-state index in [4.69, 9.17) is 5.26 Å². The van der Waals surface area contributed by atoms with Gasteiger partial charge in [-0.15, -0.1) is 10.2 Å². The molecule has 0 fully saturated rings. The Balaban J connectivity index is 2.44. The number of aromatic nitrogens is 2. The summed E-state index contributed by atoms with van der Waals surface area (Å²) in [5.74, 6) is -0.217. The molecule has 0 unspecified atom stereocenters. The molecule has 0 radical (unpaired) electrons. The van der Waals surface area contributed by atoms with Gasteiger partial charge in [0.1, 0.15) is 11.6 Å². The number of nitriles is 1. The number of nitrogens with one attached hydrogen (secondary N) is 2. The van der Waals surface area contributed by atoms with Crippen LogP contribution in [-0.4, -0.2) is 29.7 Å². The molecule has 2 N–H and O–H groups in total. The lowest BCUT2D eigenvalue weighted by Gasteiger charge is -1.95. The first-order chi connectivity index (χ1) is 6.76. The number of hydrogen-bond acceptors (Lipinski definition) is 6. The minimum absolute atomic E-state index is 0.0243. The van der Waals surface area contributed by atoms with Gasteiger partial charge in [0.05, 0.1) is 12.5 Å². The molecule has 0 bridgehead atoms. The SMILES string of the molecule is CNc1nnc(CC(=O)NCC#N)s1. The number of carbonyl (C=O) groups is 1. The van der Waals surface area contributed by atoms with Crippen molar-refractivity contribution in [2.75, 3.05) is 18.9 Å². The molecule has 0 saturated heterocycles. The van der Waals surface area contributed by atoms with Gasteiger partial charge in [-0.2, -0.15) is 5.26 Å². The van der Waals surface area contributed by atoms with Gasteiger partial charge in [0.2, 0.25) is 11.0 Å².